The van der Waals surface area contributed by atoms with E-state index in [0.717, 1.165) is 24.2 Å². The van der Waals surface area contributed by atoms with Crippen LogP contribution in [-0.4, -0.2) is 61.2 Å². The maximum Gasteiger partial charge on any atom is 0.408 e. The zero-order valence-corrected chi connectivity index (χ0v) is 14.8. The first-order valence-corrected chi connectivity index (χ1v) is 8.84. The van der Waals surface area contributed by atoms with Gasteiger partial charge in [0.1, 0.15) is 17.4 Å². The molecule has 2 aliphatic heterocycles. The summed E-state index contributed by atoms with van der Waals surface area (Å²) in [5.41, 5.74) is 1.12. The second-order valence-corrected chi connectivity index (χ2v) is 7.01. The Morgan fingerprint density at radius 3 is 2.61 bits per heavy atom. The van der Waals surface area contributed by atoms with Crippen LogP contribution in [0.25, 0.3) is 17.0 Å². The summed E-state index contributed by atoms with van der Waals surface area (Å²) < 4.78 is 55.4. The Balaban J connectivity index is 1.65. The summed E-state index contributed by atoms with van der Waals surface area (Å²) in [7, 11) is 0. The molecular formula is C16H16F4N8. The molecule has 2 aliphatic rings. The lowest BCUT2D eigenvalue weighted by molar-refractivity contribution is -0.159. The minimum absolute atomic E-state index is 0.00191. The Labute approximate surface area is 156 Å². The molecule has 12 heteroatoms. The summed E-state index contributed by atoms with van der Waals surface area (Å²) in [6.45, 7) is 3.28. The molecule has 5 rings (SSSR count). The van der Waals surface area contributed by atoms with Crippen LogP contribution < -0.4 is 10.2 Å². The minimum Gasteiger partial charge on any atom is -0.341 e. The number of nitrogens with one attached hydrogen (secondary N) is 1. The zero-order valence-electron chi connectivity index (χ0n) is 14.8. The first kappa shape index (κ1) is 17.3. The number of anilines is 1. The Morgan fingerprint density at radius 2 is 2.00 bits per heavy atom. The van der Waals surface area contributed by atoms with Crippen molar-refractivity contribution in [1.82, 2.24) is 34.7 Å². The Morgan fingerprint density at radius 1 is 1.21 bits per heavy atom. The number of aryl methyl sites for hydroxylation is 1. The first-order chi connectivity index (χ1) is 13.3. The molecule has 0 bridgehead atoms. The number of nitrogens with zero attached hydrogens (tertiary/aromatic N) is 7. The summed E-state index contributed by atoms with van der Waals surface area (Å²) in [5, 5.41) is 11.7. The molecular weight excluding hydrogens is 380 g/mol. The molecule has 28 heavy (non-hydrogen) atoms. The van der Waals surface area contributed by atoms with Crippen molar-refractivity contribution < 1.29 is 17.6 Å². The number of hydrogen-bond acceptors (Lipinski definition) is 6. The Bertz CT molecular complexity index is 1050. The Hall–Kier alpha value is -2.76. The third-order valence-corrected chi connectivity index (χ3v) is 5.32. The van der Waals surface area contributed by atoms with Crippen molar-refractivity contribution in [3.8, 4) is 11.4 Å². The normalized spacial score (nSPS) is 20.5. The summed E-state index contributed by atoms with van der Waals surface area (Å²) >= 11 is 0. The lowest BCUT2D eigenvalue weighted by atomic mass is 10.0. The maximum atomic E-state index is 14.4. The molecule has 2 fully saturated rings. The van der Waals surface area contributed by atoms with Gasteiger partial charge in [0.2, 0.25) is 5.95 Å². The fourth-order valence-corrected chi connectivity index (χ4v) is 3.56. The van der Waals surface area contributed by atoms with Crippen molar-refractivity contribution in [1.29, 1.82) is 0 Å². The van der Waals surface area contributed by atoms with E-state index in [1.807, 2.05) is 0 Å². The smallest absolute Gasteiger partial charge is 0.341 e. The molecule has 0 amide bonds. The van der Waals surface area contributed by atoms with Gasteiger partial charge < -0.3 is 10.2 Å². The van der Waals surface area contributed by atoms with E-state index in [0.29, 0.717) is 11.4 Å². The Kier molecular flexibility index (Phi) is 3.63. The van der Waals surface area contributed by atoms with Crippen molar-refractivity contribution in [2.24, 2.45) is 0 Å². The summed E-state index contributed by atoms with van der Waals surface area (Å²) in [6, 6.07) is -1.54. The SMILES string of the molecule is Cc1c(-c2cnn(C3CNC3)n2)nc(N2CC[C@@H]2C(F)(F)F)c2ncc(F)n12. The van der Waals surface area contributed by atoms with E-state index in [2.05, 4.69) is 25.5 Å². The molecule has 0 aliphatic carbocycles. The molecule has 3 aromatic heterocycles. The van der Waals surface area contributed by atoms with E-state index in [-0.39, 0.29) is 36.2 Å². The predicted molar refractivity (Wildman–Crippen MR) is 90.4 cm³/mol. The third kappa shape index (κ3) is 2.47. The summed E-state index contributed by atoms with van der Waals surface area (Å²) in [4.78, 5) is 11.0. The highest BCUT2D eigenvalue weighted by molar-refractivity contribution is 5.72. The third-order valence-electron chi connectivity index (χ3n) is 5.32. The number of imidazole rings is 1. The number of rotatable bonds is 3. The minimum atomic E-state index is -4.40. The van der Waals surface area contributed by atoms with Crippen LogP contribution in [0.5, 0.6) is 0 Å². The van der Waals surface area contributed by atoms with E-state index >= 15 is 0 Å². The number of halogens is 4. The van der Waals surface area contributed by atoms with Gasteiger partial charge in [0.15, 0.2) is 11.5 Å². The van der Waals surface area contributed by atoms with E-state index in [4.69, 9.17) is 0 Å². The molecule has 0 unspecified atom stereocenters. The van der Waals surface area contributed by atoms with E-state index in [1.165, 1.54) is 10.6 Å². The maximum absolute atomic E-state index is 14.4. The molecule has 3 aromatic rings. The van der Waals surface area contributed by atoms with Crippen molar-refractivity contribution >= 4 is 11.5 Å². The van der Waals surface area contributed by atoms with Gasteiger partial charge in [-0.1, -0.05) is 0 Å². The largest absolute Gasteiger partial charge is 0.408 e. The van der Waals surface area contributed by atoms with Crippen LogP contribution in [-0.2, 0) is 0 Å². The van der Waals surface area contributed by atoms with Crippen molar-refractivity contribution in [3.63, 3.8) is 0 Å². The molecule has 148 valence electrons. The van der Waals surface area contributed by atoms with Crippen LogP contribution in [0.3, 0.4) is 0 Å². The highest BCUT2D eigenvalue weighted by atomic mass is 19.4. The highest BCUT2D eigenvalue weighted by Gasteiger charge is 2.50. The predicted octanol–water partition coefficient (Wildman–Crippen LogP) is 1.72. The topological polar surface area (TPSA) is 76.2 Å². The highest BCUT2D eigenvalue weighted by Crippen LogP contribution is 2.39. The second kappa shape index (κ2) is 5.87. The number of alkyl halides is 3. The van der Waals surface area contributed by atoms with Gasteiger partial charge >= 0.3 is 6.18 Å². The van der Waals surface area contributed by atoms with Crippen LogP contribution in [0.2, 0.25) is 0 Å². The molecule has 0 saturated carbocycles. The average molecular weight is 396 g/mol. The fourth-order valence-electron chi connectivity index (χ4n) is 3.56. The zero-order chi connectivity index (χ0) is 19.6. The molecule has 1 atom stereocenters. The molecule has 0 spiro atoms. The molecule has 8 nitrogen and oxygen atoms in total. The van der Waals surface area contributed by atoms with Crippen molar-refractivity contribution in [2.45, 2.75) is 31.6 Å². The lowest BCUT2D eigenvalue weighted by Crippen LogP contribution is -2.56. The van der Waals surface area contributed by atoms with E-state index in [1.54, 1.807) is 11.7 Å². The van der Waals surface area contributed by atoms with Crippen LogP contribution in [0.15, 0.2) is 12.4 Å². The number of fused-ring (bicyclic) bond motifs is 1. The van der Waals surface area contributed by atoms with Crippen LogP contribution in [0.4, 0.5) is 23.4 Å². The standard InChI is InChI=1S/C16H16F4N8/c1-8-13(10-6-23-28(25-10)9-4-21-5-9)24-15(14-22-7-12(17)27(8)14)26-3-2-11(26)16(18,19)20/h6-7,9,11,21H,2-5H2,1H3/t11-/m1/s1. The molecule has 2 saturated heterocycles. The van der Waals surface area contributed by atoms with Gasteiger partial charge in [-0.15, -0.1) is 0 Å². The fraction of sp³-hybridized carbons (Fsp3) is 0.500. The number of hydrogen-bond donors (Lipinski definition) is 1. The van der Waals surface area contributed by atoms with Gasteiger partial charge in [-0.25, -0.2) is 9.97 Å². The van der Waals surface area contributed by atoms with Gasteiger partial charge in [0.25, 0.3) is 0 Å². The second-order valence-electron chi connectivity index (χ2n) is 7.01. The van der Waals surface area contributed by atoms with Gasteiger partial charge in [-0.3, -0.25) is 4.40 Å². The molecule has 0 aromatic carbocycles. The van der Waals surface area contributed by atoms with Crippen LogP contribution >= 0.6 is 0 Å². The molecule has 1 N–H and O–H groups in total. The van der Waals surface area contributed by atoms with Crippen molar-refractivity contribution in [3.05, 3.63) is 24.0 Å². The first-order valence-electron chi connectivity index (χ1n) is 8.84. The summed E-state index contributed by atoms with van der Waals surface area (Å²) in [5.74, 6) is -0.671. The van der Waals surface area contributed by atoms with Gasteiger partial charge in [0.05, 0.1) is 24.1 Å². The average Bonchev–Trinajstić information content (AvgIpc) is 3.13. The quantitative estimate of drug-likeness (QED) is 0.680. The van der Waals surface area contributed by atoms with Gasteiger partial charge in [-0.2, -0.15) is 32.6 Å². The van der Waals surface area contributed by atoms with Gasteiger partial charge in [0, 0.05) is 19.6 Å². The van der Waals surface area contributed by atoms with E-state index < -0.39 is 18.2 Å². The van der Waals surface area contributed by atoms with Gasteiger partial charge in [-0.05, 0) is 13.3 Å². The van der Waals surface area contributed by atoms with E-state index in [9.17, 15) is 17.6 Å². The lowest BCUT2D eigenvalue weighted by Gasteiger charge is -2.42. The van der Waals surface area contributed by atoms with Crippen LogP contribution in [0.1, 0.15) is 18.2 Å². The summed E-state index contributed by atoms with van der Waals surface area (Å²) in [6.07, 6.45) is -1.95. The van der Waals surface area contributed by atoms with Crippen molar-refractivity contribution in [2.75, 3.05) is 24.5 Å². The monoisotopic (exact) mass is 396 g/mol. The van der Waals surface area contributed by atoms with Crippen LogP contribution in [0, 0.1) is 12.9 Å². The number of aromatic nitrogens is 6. The molecule has 0 radical (unpaired) electrons. The molecule has 5 heterocycles.